The maximum absolute atomic E-state index is 11.4. The molecule has 2 atom stereocenters. The smallest absolute Gasteiger partial charge is 0.155 e. The van der Waals surface area contributed by atoms with Crippen molar-refractivity contribution in [2.75, 3.05) is 0 Å². The summed E-state index contributed by atoms with van der Waals surface area (Å²) in [5.41, 5.74) is 7.71. The van der Waals surface area contributed by atoms with E-state index in [1.807, 2.05) is 62.4 Å². The van der Waals surface area contributed by atoms with Crippen LogP contribution in [0.3, 0.4) is 0 Å². The first kappa shape index (κ1) is 24.7. The fourth-order valence-corrected chi connectivity index (χ4v) is 4.44. The van der Waals surface area contributed by atoms with E-state index in [0.717, 1.165) is 11.4 Å². The summed E-state index contributed by atoms with van der Waals surface area (Å²) in [5, 5.41) is 37.2. The van der Waals surface area contributed by atoms with Crippen molar-refractivity contribution in [2.24, 2.45) is 10.2 Å². The number of benzene rings is 2. The van der Waals surface area contributed by atoms with Gasteiger partial charge in [0.25, 0.3) is 0 Å². The van der Waals surface area contributed by atoms with Crippen molar-refractivity contribution >= 4 is 78.1 Å². The van der Waals surface area contributed by atoms with Gasteiger partial charge in [-0.1, -0.05) is 70.0 Å². The molecule has 6 N–H and O–H groups in total. The van der Waals surface area contributed by atoms with E-state index in [-0.39, 0.29) is 0 Å². The van der Waals surface area contributed by atoms with E-state index in [1.54, 1.807) is 10.9 Å². The Balaban J connectivity index is 0.000000181. The molecule has 0 aliphatic carbocycles. The average molecular weight is 507 g/mol. The SMILES string of the molecule is Cc1ccc([NH2+]/N=C2/SC(=S)NC2[O-])cc1.Cc1ccc([NH2+]/N=C2/SC(=S)NC2[O-])cc1. The van der Waals surface area contributed by atoms with Crippen molar-refractivity contribution in [3.63, 3.8) is 0 Å². The number of rotatable bonds is 4. The third-order valence-electron chi connectivity index (χ3n) is 4.18. The summed E-state index contributed by atoms with van der Waals surface area (Å²) in [6, 6.07) is 15.9. The van der Waals surface area contributed by atoms with Crippen LogP contribution in [-0.2, 0) is 0 Å². The summed E-state index contributed by atoms with van der Waals surface area (Å²) >= 11 is 12.2. The highest BCUT2D eigenvalue weighted by atomic mass is 32.2. The largest absolute Gasteiger partial charge is 0.831 e. The highest BCUT2D eigenvalue weighted by molar-refractivity contribution is 8.34. The first-order valence-electron chi connectivity index (χ1n) is 9.53. The zero-order valence-electron chi connectivity index (χ0n) is 17.3. The molecule has 0 spiro atoms. The summed E-state index contributed by atoms with van der Waals surface area (Å²) in [6.07, 6.45) is -2.03. The Hall–Kier alpha value is -1.90. The molecule has 0 amide bonds. The molecule has 0 saturated carbocycles. The number of nitrogens with one attached hydrogen (secondary N) is 2. The topological polar surface area (TPSA) is 128 Å². The highest BCUT2D eigenvalue weighted by Crippen LogP contribution is 2.14. The van der Waals surface area contributed by atoms with Crippen molar-refractivity contribution in [3.05, 3.63) is 59.7 Å². The summed E-state index contributed by atoms with van der Waals surface area (Å²) in [7, 11) is 0. The minimum atomic E-state index is -1.01. The summed E-state index contributed by atoms with van der Waals surface area (Å²) in [5.74, 6) is 0. The van der Waals surface area contributed by atoms with Gasteiger partial charge in [-0.3, -0.25) is 0 Å². The predicted octanol–water partition coefficient (Wildman–Crippen LogP) is -0.378. The normalized spacial score (nSPS) is 22.5. The van der Waals surface area contributed by atoms with Gasteiger partial charge >= 0.3 is 0 Å². The minimum absolute atomic E-state index is 0.477. The van der Waals surface area contributed by atoms with Gasteiger partial charge < -0.3 is 20.8 Å². The van der Waals surface area contributed by atoms with Crippen molar-refractivity contribution in [2.45, 2.75) is 26.3 Å². The molecule has 0 aromatic heterocycles. The van der Waals surface area contributed by atoms with Crippen molar-refractivity contribution in [3.8, 4) is 0 Å². The summed E-state index contributed by atoms with van der Waals surface area (Å²) < 4.78 is 0.993. The number of thiocarbonyl (C=S) groups is 2. The molecular weight excluding hydrogens is 485 g/mol. The van der Waals surface area contributed by atoms with E-state index in [1.165, 1.54) is 34.7 Å². The first-order chi connectivity index (χ1) is 15.3. The maximum Gasteiger partial charge on any atom is 0.155 e. The number of quaternary nitrogens is 2. The third kappa shape index (κ3) is 7.60. The molecule has 0 bridgehead atoms. The first-order valence-corrected chi connectivity index (χ1v) is 12.0. The van der Waals surface area contributed by atoms with Crippen LogP contribution in [0.1, 0.15) is 11.1 Å². The number of nitrogens with zero attached hydrogens (tertiary/aromatic N) is 2. The predicted molar refractivity (Wildman–Crippen MR) is 135 cm³/mol. The van der Waals surface area contributed by atoms with Crippen LogP contribution in [0.2, 0.25) is 0 Å². The zero-order valence-corrected chi connectivity index (χ0v) is 20.5. The quantitative estimate of drug-likeness (QED) is 0.191. The number of hydrogen-bond donors (Lipinski definition) is 4. The van der Waals surface area contributed by atoms with Crippen LogP contribution in [0.25, 0.3) is 0 Å². The third-order valence-corrected chi connectivity index (χ3v) is 6.58. The van der Waals surface area contributed by atoms with Crippen LogP contribution in [0.5, 0.6) is 0 Å². The lowest BCUT2D eigenvalue weighted by Gasteiger charge is -2.12. The Kier molecular flexibility index (Phi) is 9.13. The second-order valence-electron chi connectivity index (χ2n) is 6.84. The van der Waals surface area contributed by atoms with Crippen LogP contribution >= 0.6 is 48.0 Å². The lowest BCUT2D eigenvalue weighted by atomic mass is 10.2. The van der Waals surface area contributed by atoms with Gasteiger partial charge in [-0.25, -0.2) is 0 Å². The molecule has 8 nitrogen and oxygen atoms in total. The molecule has 4 rings (SSSR count). The van der Waals surface area contributed by atoms with Crippen molar-refractivity contribution < 1.29 is 21.1 Å². The summed E-state index contributed by atoms with van der Waals surface area (Å²) in [6.45, 7) is 4.05. The van der Waals surface area contributed by atoms with Gasteiger partial charge in [0.15, 0.2) is 11.4 Å². The fraction of sp³-hybridized carbons (Fsp3) is 0.200. The molecule has 2 heterocycles. The molecule has 2 aliphatic rings. The van der Waals surface area contributed by atoms with Gasteiger partial charge in [-0.2, -0.15) is 10.9 Å². The molecule has 2 aromatic rings. The maximum atomic E-state index is 11.4. The van der Waals surface area contributed by atoms with E-state index in [9.17, 15) is 10.2 Å². The number of nitrogens with two attached hydrogens (primary N) is 2. The second kappa shape index (κ2) is 11.8. The van der Waals surface area contributed by atoms with Crippen molar-refractivity contribution in [1.29, 1.82) is 0 Å². The minimum Gasteiger partial charge on any atom is -0.831 e. The average Bonchev–Trinajstić information content (AvgIpc) is 3.26. The monoisotopic (exact) mass is 506 g/mol. The molecule has 12 heteroatoms. The lowest BCUT2D eigenvalue weighted by Crippen LogP contribution is -2.72. The molecule has 2 aromatic carbocycles. The van der Waals surface area contributed by atoms with Gasteiger partial charge in [-0.05, 0) is 37.4 Å². The number of aryl methyl sites for hydroxylation is 2. The molecule has 168 valence electrons. The Labute approximate surface area is 205 Å². The van der Waals surface area contributed by atoms with E-state index in [0.29, 0.717) is 18.7 Å². The Morgan fingerprint density at radius 3 is 1.34 bits per heavy atom. The Bertz CT molecular complexity index is 944. The van der Waals surface area contributed by atoms with Crippen LogP contribution in [0.4, 0.5) is 11.4 Å². The van der Waals surface area contributed by atoms with Crippen LogP contribution in [-0.4, -0.2) is 31.2 Å². The molecule has 32 heavy (non-hydrogen) atoms. The van der Waals surface area contributed by atoms with E-state index >= 15 is 0 Å². The van der Waals surface area contributed by atoms with E-state index < -0.39 is 12.5 Å². The molecule has 2 fully saturated rings. The van der Waals surface area contributed by atoms with E-state index in [2.05, 4.69) is 20.8 Å². The Morgan fingerprint density at radius 1 is 0.719 bits per heavy atom. The van der Waals surface area contributed by atoms with Crippen LogP contribution in [0.15, 0.2) is 58.7 Å². The van der Waals surface area contributed by atoms with Crippen LogP contribution < -0.4 is 31.7 Å². The lowest BCUT2D eigenvalue weighted by molar-refractivity contribution is -0.578. The van der Waals surface area contributed by atoms with E-state index in [4.69, 9.17) is 24.4 Å². The number of hydrogen-bond acceptors (Lipinski definition) is 8. The number of thioether (sulfide) groups is 2. The standard InChI is InChI=1S/2C10H10N3OS2/c2*1-6-2-4-7(5-3-6)12-13-9-8(14)11-10(15)16-9/h2*2-5,8,12H,1H3,(H,11,15)/q2*-1/p+2/b2*13-9+. The van der Waals surface area contributed by atoms with Gasteiger partial charge in [0.05, 0.1) is 0 Å². The molecule has 2 unspecified atom stereocenters. The molecule has 2 aliphatic heterocycles. The molecule has 0 radical (unpaired) electrons. The summed E-state index contributed by atoms with van der Waals surface area (Å²) in [4.78, 5) is 0. The molecular formula is C20H22N6O2S4. The van der Waals surface area contributed by atoms with Crippen molar-refractivity contribution in [1.82, 2.24) is 10.6 Å². The van der Waals surface area contributed by atoms with Crippen LogP contribution in [0, 0.1) is 13.8 Å². The van der Waals surface area contributed by atoms with Gasteiger partial charge in [-0.15, -0.1) is 0 Å². The van der Waals surface area contributed by atoms with Gasteiger partial charge in [0, 0.05) is 36.7 Å². The molecule has 2 saturated heterocycles. The fourth-order valence-electron chi connectivity index (χ4n) is 2.46. The zero-order chi connectivity index (χ0) is 23.1. The highest BCUT2D eigenvalue weighted by Gasteiger charge is 2.20. The second-order valence-corrected chi connectivity index (χ2v) is 10.2. The van der Waals surface area contributed by atoms with Gasteiger partial charge in [0.1, 0.15) is 18.7 Å². The Morgan fingerprint density at radius 2 is 1.06 bits per heavy atom. The van der Waals surface area contributed by atoms with Gasteiger partial charge in [0.2, 0.25) is 0 Å².